The molecule has 2 heterocycles. The molecule has 4 nitrogen and oxygen atoms in total. The normalized spacial score (nSPS) is 24.3. The Morgan fingerprint density at radius 1 is 1.12 bits per heavy atom. The molecule has 0 radical (unpaired) electrons. The van der Waals surface area contributed by atoms with Gasteiger partial charge in [0.15, 0.2) is 0 Å². The Hall–Kier alpha value is -0.745. The zero-order chi connectivity index (χ0) is 17.5. The van der Waals surface area contributed by atoms with Gasteiger partial charge in [0.25, 0.3) is 0 Å². The Bertz CT molecular complexity index is 584. The van der Waals surface area contributed by atoms with E-state index in [1.165, 1.54) is 0 Å². The highest BCUT2D eigenvalue weighted by atomic mass is 35.5. The molecule has 0 aromatic heterocycles. The summed E-state index contributed by atoms with van der Waals surface area (Å²) in [7, 11) is 1.74. The fraction of sp³-hybridized carbons (Fsp3) is 0.667. The summed E-state index contributed by atoms with van der Waals surface area (Å²) in [5.41, 5.74) is 0.218. The van der Waals surface area contributed by atoms with Gasteiger partial charge in [0.1, 0.15) is 11.9 Å². The van der Waals surface area contributed by atoms with Crippen molar-refractivity contribution in [2.45, 2.75) is 57.8 Å². The standard InChI is InChI=1S/C18H27BClNO3/c1-17(2)18(3,4)24-19(23-17)13-6-7-16(15(20)12-13)22-14-8-10-21(5)11-9-14/h6-7,12,14H,8-11H2,1-5H3. The van der Waals surface area contributed by atoms with Crippen molar-refractivity contribution < 1.29 is 14.0 Å². The van der Waals surface area contributed by atoms with Crippen LogP contribution in [0, 0.1) is 0 Å². The summed E-state index contributed by atoms with van der Waals surface area (Å²) in [6.45, 7) is 10.3. The van der Waals surface area contributed by atoms with E-state index in [0.29, 0.717) is 5.02 Å². The quantitative estimate of drug-likeness (QED) is 0.783. The Morgan fingerprint density at radius 2 is 1.71 bits per heavy atom. The second kappa shape index (κ2) is 6.52. The highest BCUT2D eigenvalue weighted by molar-refractivity contribution is 6.62. The van der Waals surface area contributed by atoms with E-state index in [-0.39, 0.29) is 17.3 Å². The van der Waals surface area contributed by atoms with Gasteiger partial charge in [-0.05, 0) is 65.2 Å². The topological polar surface area (TPSA) is 30.9 Å². The highest BCUT2D eigenvalue weighted by Gasteiger charge is 2.51. The van der Waals surface area contributed by atoms with Gasteiger partial charge >= 0.3 is 7.12 Å². The Balaban J connectivity index is 1.69. The van der Waals surface area contributed by atoms with E-state index in [2.05, 4.69) is 11.9 Å². The van der Waals surface area contributed by atoms with Crippen LogP contribution in [0.1, 0.15) is 40.5 Å². The van der Waals surface area contributed by atoms with Gasteiger partial charge in [-0.15, -0.1) is 0 Å². The fourth-order valence-corrected chi connectivity index (χ4v) is 3.25. The first-order valence-corrected chi connectivity index (χ1v) is 9.06. The molecule has 24 heavy (non-hydrogen) atoms. The van der Waals surface area contributed by atoms with E-state index in [1.54, 1.807) is 0 Å². The molecular formula is C18H27BClNO3. The largest absolute Gasteiger partial charge is 0.494 e. The van der Waals surface area contributed by atoms with Crippen molar-refractivity contribution in [3.05, 3.63) is 23.2 Å². The maximum Gasteiger partial charge on any atom is 0.494 e. The van der Waals surface area contributed by atoms with Crippen LogP contribution >= 0.6 is 11.6 Å². The molecule has 0 bridgehead atoms. The second-order valence-corrected chi connectivity index (χ2v) is 8.31. The van der Waals surface area contributed by atoms with E-state index in [1.807, 2.05) is 45.9 Å². The van der Waals surface area contributed by atoms with Crippen LogP contribution in [0.5, 0.6) is 5.75 Å². The molecule has 0 aliphatic carbocycles. The molecule has 0 atom stereocenters. The van der Waals surface area contributed by atoms with Gasteiger partial charge in [-0.2, -0.15) is 0 Å². The molecule has 3 rings (SSSR count). The summed E-state index contributed by atoms with van der Waals surface area (Å²) in [4.78, 5) is 2.32. The van der Waals surface area contributed by atoms with Crippen LogP contribution in [0.15, 0.2) is 18.2 Å². The maximum absolute atomic E-state index is 6.45. The van der Waals surface area contributed by atoms with Crippen molar-refractivity contribution in [1.82, 2.24) is 4.90 Å². The Labute approximate surface area is 150 Å². The molecule has 2 aliphatic rings. The summed E-state index contributed by atoms with van der Waals surface area (Å²) in [6.07, 6.45) is 2.30. The minimum atomic E-state index is -0.398. The van der Waals surface area contributed by atoms with Gasteiger partial charge in [0.05, 0.1) is 16.2 Å². The predicted molar refractivity (Wildman–Crippen MR) is 98.3 cm³/mol. The number of hydrogen-bond donors (Lipinski definition) is 0. The van der Waals surface area contributed by atoms with E-state index >= 15 is 0 Å². The third-order valence-electron chi connectivity index (χ3n) is 5.44. The summed E-state index contributed by atoms with van der Waals surface area (Å²) < 4.78 is 18.3. The van der Waals surface area contributed by atoms with Crippen molar-refractivity contribution in [3.63, 3.8) is 0 Å². The van der Waals surface area contributed by atoms with Gasteiger partial charge in [-0.1, -0.05) is 17.7 Å². The SMILES string of the molecule is CN1CCC(Oc2ccc(B3OC(C)(C)C(C)(C)O3)cc2Cl)CC1. The number of nitrogens with zero attached hydrogens (tertiary/aromatic N) is 1. The van der Waals surface area contributed by atoms with Gasteiger partial charge < -0.3 is 18.9 Å². The van der Waals surface area contributed by atoms with Crippen LogP contribution in [0.3, 0.4) is 0 Å². The highest BCUT2D eigenvalue weighted by Crippen LogP contribution is 2.37. The smallest absolute Gasteiger partial charge is 0.489 e. The van der Waals surface area contributed by atoms with Crippen LogP contribution in [0.25, 0.3) is 0 Å². The van der Waals surface area contributed by atoms with Crippen molar-refractivity contribution in [2.24, 2.45) is 0 Å². The van der Waals surface area contributed by atoms with E-state index in [4.69, 9.17) is 25.6 Å². The van der Waals surface area contributed by atoms with E-state index < -0.39 is 7.12 Å². The van der Waals surface area contributed by atoms with Crippen LogP contribution in [-0.4, -0.2) is 49.5 Å². The van der Waals surface area contributed by atoms with Gasteiger partial charge in [-0.25, -0.2) is 0 Å². The third kappa shape index (κ3) is 3.59. The Kier molecular flexibility index (Phi) is 4.91. The first-order chi connectivity index (χ1) is 11.2. The molecule has 2 saturated heterocycles. The zero-order valence-corrected chi connectivity index (χ0v) is 16.0. The molecule has 0 unspecified atom stereocenters. The van der Waals surface area contributed by atoms with Gasteiger partial charge in [-0.3, -0.25) is 0 Å². The lowest BCUT2D eigenvalue weighted by Gasteiger charge is -2.32. The molecule has 6 heteroatoms. The molecule has 0 saturated carbocycles. The fourth-order valence-electron chi connectivity index (χ4n) is 3.02. The summed E-state index contributed by atoms with van der Waals surface area (Å²) >= 11 is 6.45. The minimum absolute atomic E-state index is 0.237. The van der Waals surface area contributed by atoms with Gasteiger partial charge in [0, 0.05) is 13.1 Å². The van der Waals surface area contributed by atoms with Crippen molar-refractivity contribution in [2.75, 3.05) is 20.1 Å². The van der Waals surface area contributed by atoms with Crippen LogP contribution in [-0.2, 0) is 9.31 Å². The van der Waals surface area contributed by atoms with Crippen molar-refractivity contribution in [1.29, 1.82) is 0 Å². The van der Waals surface area contributed by atoms with Crippen LogP contribution in [0.4, 0.5) is 0 Å². The van der Waals surface area contributed by atoms with Crippen LogP contribution in [0.2, 0.25) is 5.02 Å². The molecule has 0 amide bonds. The molecule has 1 aromatic rings. The maximum atomic E-state index is 6.45. The number of hydrogen-bond acceptors (Lipinski definition) is 4. The predicted octanol–water partition coefficient (Wildman–Crippen LogP) is 3.11. The number of halogens is 1. The lowest BCUT2D eigenvalue weighted by atomic mass is 9.79. The first-order valence-electron chi connectivity index (χ1n) is 8.68. The third-order valence-corrected chi connectivity index (χ3v) is 5.74. The number of benzene rings is 1. The van der Waals surface area contributed by atoms with E-state index in [0.717, 1.165) is 37.1 Å². The van der Waals surface area contributed by atoms with E-state index in [9.17, 15) is 0 Å². The lowest BCUT2D eigenvalue weighted by Crippen LogP contribution is -2.41. The second-order valence-electron chi connectivity index (χ2n) is 7.90. The molecule has 0 spiro atoms. The molecule has 2 aliphatic heterocycles. The zero-order valence-electron chi connectivity index (χ0n) is 15.3. The number of ether oxygens (including phenoxy) is 1. The van der Waals surface area contributed by atoms with Gasteiger partial charge in [0.2, 0.25) is 0 Å². The minimum Gasteiger partial charge on any atom is -0.489 e. The average molecular weight is 352 g/mol. The summed E-state index contributed by atoms with van der Waals surface area (Å²) in [6, 6.07) is 5.81. The van der Waals surface area contributed by atoms with Crippen molar-refractivity contribution >= 4 is 24.2 Å². The Morgan fingerprint density at radius 3 is 2.25 bits per heavy atom. The molecular weight excluding hydrogens is 324 g/mol. The molecule has 0 N–H and O–H groups in total. The summed E-state index contributed by atoms with van der Waals surface area (Å²) in [5, 5.41) is 0.612. The molecule has 2 fully saturated rings. The van der Waals surface area contributed by atoms with Crippen LogP contribution < -0.4 is 10.2 Å². The number of rotatable bonds is 3. The summed E-state index contributed by atoms with van der Waals surface area (Å²) in [5.74, 6) is 0.742. The molecule has 1 aromatic carbocycles. The van der Waals surface area contributed by atoms with Crippen molar-refractivity contribution in [3.8, 4) is 5.75 Å². The first kappa shape index (κ1) is 18.1. The monoisotopic (exact) mass is 351 g/mol. The molecule has 132 valence electrons. The number of likely N-dealkylation sites (tertiary alicyclic amines) is 1. The lowest BCUT2D eigenvalue weighted by molar-refractivity contribution is 0.00578. The number of piperidine rings is 1. The average Bonchev–Trinajstić information content (AvgIpc) is 2.72.